The number of carbonyl (C=O) groups is 2. The molecule has 1 N–H and O–H groups in total. The Morgan fingerprint density at radius 2 is 1.83 bits per heavy atom. The van der Waals surface area contributed by atoms with Crippen LogP contribution in [0.5, 0.6) is 5.75 Å². The molecule has 0 radical (unpaired) electrons. The summed E-state index contributed by atoms with van der Waals surface area (Å²) < 4.78 is 5.65. The molecule has 7 heteroatoms. The second-order valence-corrected chi connectivity index (χ2v) is 8.08. The van der Waals surface area contributed by atoms with Crippen LogP contribution in [0.2, 0.25) is 0 Å². The number of nitrogens with one attached hydrogen (secondary N) is 1. The lowest BCUT2D eigenvalue weighted by Crippen LogP contribution is -2.46. The Hall–Kier alpha value is -2.12. The van der Waals surface area contributed by atoms with Gasteiger partial charge in [0.1, 0.15) is 5.75 Å². The summed E-state index contributed by atoms with van der Waals surface area (Å²) in [6.45, 7) is 12.6. The molecule has 0 saturated carbocycles. The summed E-state index contributed by atoms with van der Waals surface area (Å²) in [5.74, 6) is 0.355. The van der Waals surface area contributed by atoms with Crippen molar-refractivity contribution in [2.45, 2.75) is 33.1 Å². The summed E-state index contributed by atoms with van der Waals surface area (Å²) in [7, 11) is 0. The van der Waals surface area contributed by atoms with Gasteiger partial charge in [-0.25, -0.2) is 0 Å². The third-order valence-electron chi connectivity index (χ3n) is 6.06. The Morgan fingerprint density at radius 1 is 1.10 bits per heavy atom. The fraction of sp³-hybridized carbons (Fsp3) is 0.652. The SMILES string of the molecule is CCOc1ccccc1N1CC(C(=O)NCCCCN2CCN(CC)CC2)CC1=O. The third-order valence-corrected chi connectivity index (χ3v) is 6.06. The van der Waals surface area contributed by atoms with Crippen LogP contribution in [0.25, 0.3) is 0 Å². The molecule has 0 bridgehead atoms. The van der Waals surface area contributed by atoms with Gasteiger partial charge in [0, 0.05) is 45.7 Å². The van der Waals surface area contributed by atoms with E-state index in [0.29, 0.717) is 25.4 Å². The molecule has 2 amide bonds. The van der Waals surface area contributed by atoms with E-state index in [-0.39, 0.29) is 24.2 Å². The van der Waals surface area contributed by atoms with Crippen molar-refractivity contribution in [3.8, 4) is 5.75 Å². The minimum absolute atomic E-state index is 0.0173. The number of anilines is 1. The normalized spacial score (nSPS) is 20.5. The van der Waals surface area contributed by atoms with Crippen LogP contribution < -0.4 is 15.0 Å². The molecule has 7 nitrogen and oxygen atoms in total. The Balaban J connectivity index is 1.38. The van der Waals surface area contributed by atoms with Crippen LogP contribution in [0.3, 0.4) is 0 Å². The molecule has 1 aromatic rings. The molecule has 0 aliphatic carbocycles. The van der Waals surface area contributed by atoms with Gasteiger partial charge in [-0.05, 0) is 45.0 Å². The Morgan fingerprint density at radius 3 is 2.57 bits per heavy atom. The molecular weight excluding hydrogens is 380 g/mol. The summed E-state index contributed by atoms with van der Waals surface area (Å²) in [4.78, 5) is 31.8. The topological polar surface area (TPSA) is 65.1 Å². The number of unbranched alkanes of at least 4 members (excludes halogenated alkanes) is 1. The van der Waals surface area contributed by atoms with Gasteiger partial charge in [0.2, 0.25) is 11.8 Å². The lowest BCUT2D eigenvalue weighted by atomic mass is 10.1. The number of nitrogens with zero attached hydrogens (tertiary/aromatic N) is 3. The molecule has 2 aliphatic rings. The van der Waals surface area contributed by atoms with E-state index in [9.17, 15) is 9.59 Å². The third kappa shape index (κ3) is 5.95. The van der Waals surface area contributed by atoms with Crippen molar-refractivity contribution in [2.24, 2.45) is 5.92 Å². The number of hydrogen-bond donors (Lipinski definition) is 1. The fourth-order valence-corrected chi connectivity index (χ4v) is 4.22. The van der Waals surface area contributed by atoms with Crippen LogP contribution in [0.1, 0.15) is 33.1 Å². The maximum Gasteiger partial charge on any atom is 0.227 e. The number of benzene rings is 1. The van der Waals surface area contributed by atoms with Gasteiger partial charge < -0.3 is 24.8 Å². The smallest absolute Gasteiger partial charge is 0.227 e. The summed E-state index contributed by atoms with van der Waals surface area (Å²) >= 11 is 0. The molecule has 3 rings (SSSR count). The van der Waals surface area contributed by atoms with Crippen LogP contribution in [-0.2, 0) is 9.59 Å². The molecular formula is C23H36N4O3. The van der Waals surface area contributed by atoms with E-state index in [4.69, 9.17) is 4.74 Å². The zero-order valence-electron chi connectivity index (χ0n) is 18.4. The van der Waals surface area contributed by atoms with Crippen molar-refractivity contribution in [3.05, 3.63) is 24.3 Å². The van der Waals surface area contributed by atoms with E-state index in [0.717, 1.165) is 57.8 Å². The van der Waals surface area contributed by atoms with E-state index >= 15 is 0 Å². The minimum Gasteiger partial charge on any atom is -0.492 e. The maximum atomic E-state index is 12.6. The standard InChI is InChI=1S/C23H36N4O3/c1-3-25-13-15-26(16-14-25)12-8-7-11-24-23(29)19-17-22(28)27(18-19)20-9-5-6-10-21(20)30-4-2/h5-6,9-10,19H,3-4,7-8,11-18H2,1-2H3,(H,24,29). The molecule has 1 unspecified atom stereocenters. The van der Waals surface area contributed by atoms with Crippen LogP contribution in [-0.4, -0.2) is 80.6 Å². The average molecular weight is 417 g/mol. The first-order valence-electron chi connectivity index (χ1n) is 11.4. The quantitative estimate of drug-likeness (QED) is 0.591. The highest BCUT2D eigenvalue weighted by Crippen LogP contribution is 2.33. The van der Waals surface area contributed by atoms with Gasteiger partial charge in [0.15, 0.2) is 0 Å². The Labute approximate surface area is 180 Å². The Kier molecular flexibility index (Phi) is 8.51. The first kappa shape index (κ1) is 22.6. The van der Waals surface area contributed by atoms with E-state index in [2.05, 4.69) is 22.0 Å². The number of hydrogen-bond acceptors (Lipinski definition) is 5. The summed E-state index contributed by atoms with van der Waals surface area (Å²) in [5, 5.41) is 3.04. The van der Waals surface area contributed by atoms with Gasteiger partial charge in [-0.15, -0.1) is 0 Å². The van der Waals surface area contributed by atoms with E-state index in [1.54, 1.807) is 4.90 Å². The average Bonchev–Trinajstić information content (AvgIpc) is 3.16. The number of rotatable bonds is 10. The zero-order chi connectivity index (χ0) is 21.3. The van der Waals surface area contributed by atoms with Crippen molar-refractivity contribution < 1.29 is 14.3 Å². The second-order valence-electron chi connectivity index (χ2n) is 8.08. The molecule has 1 aromatic carbocycles. The molecule has 1 atom stereocenters. The summed E-state index contributed by atoms with van der Waals surface area (Å²) in [5.41, 5.74) is 0.753. The van der Waals surface area contributed by atoms with Gasteiger partial charge in [-0.1, -0.05) is 19.1 Å². The first-order chi connectivity index (χ1) is 14.6. The molecule has 2 fully saturated rings. The fourth-order valence-electron chi connectivity index (χ4n) is 4.22. The van der Waals surface area contributed by atoms with E-state index in [1.165, 1.54) is 0 Å². The second kappa shape index (κ2) is 11.3. The minimum atomic E-state index is -0.297. The number of ether oxygens (including phenoxy) is 1. The largest absolute Gasteiger partial charge is 0.492 e. The predicted octanol–water partition coefficient (Wildman–Crippen LogP) is 1.97. The number of para-hydroxylation sites is 2. The van der Waals surface area contributed by atoms with Crippen molar-refractivity contribution in [2.75, 3.05) is 63.9 Å². The summed E-state index contributed by atoms with van der Waals surface area (Å²) in [6, 6.07) is 7.52. The first-order valence-corrected chi connectivity index (χ1v) is 11.4. The van der Waals surface area contributed by atoms with Gasteiger partial charge in [-0.3, -0.25) is 9.59 Å². The zero-order valence-corrected chi connectivity index (χ0v) is 18.4. The highest BCUT2D eigenvalue weighted by atomic mass is 16.5. The molecule has 30 heavy (non-hydrogen) atoms. The maximum absolute atomic E-state index is 12.6. The Bertz CT molecular complexity index is 703. The van der Waals surface area contributed by atoms with Crippen LogP contribution in [0.4, 0.5) is 5.69 Å². The van der Waals surface area contributed by atoms with Crippen molar-refractivity contribution >= 4 is 17.5 Å². The number of amides is 2. The van der Waals surface area contributed by atoms with Gasteiger partial charge in [-0.2, -0.15) is 0 Å². The van der Waals surface area contributed by atoms with Crippen molar-refractivity contribution in [3.63, 3.8) is 0 Å². The van der Waals surface area contributed by atoms with Crippen LogP contribution >= 0.6 is 0 Å². The molecule has 2 aliphatic heterocycles. The van der Waals surface area contributed by atoms with E-state index < -0.39 is 0 Å². The number of piperazine rings is 1. The predicted molar refractivity (Wildman–Crippen MR) is 119 cm³/mol. The van der Waals surface area contributed by atoms with Gasteiger partial charge in [0.05, 0.1) is 18.2 Å². The highest BCUT2D eigenvalue weighted by Gasteiger charge is 2.36. The molecule has 0 aromatic heterocycles. The molecule has 0 spiro atoms. The molecule has 166 valence electrons. The molecule has 2 heterocycles. The molecule has 2 saturated heterocycles. The monoisotopic (exact) mass is 416 g/mol. The van der Waals surface area contributed by atoms with E-state index in [1.807, 2.05) is 31.2 Å². The lowest BCUT2D eigenvalue weighted by Gasteiger charge is -2.33. The number of likely N-dealkylation sites (N-methyl/N-ethyl adjacent to an activating group) is 1. The summed E-state index contributed by atoms with van der Waals surface area (Å²) in [6.07, 6.45) is 2.31. The van der Waals surface area contributed by atoms with Crippen LogP contribution in [0.15, 0.2) is 24.3 Å². The number of carbonyl (C=O) groups excluding carboxylic acids is 2. The van der Waals surface area contributed by atoms with Gasteiger partial charge in [0.25, 0.3) is 0 Å². The van der Waals surface area contributed by atoms with Crippen molar-refractivity contribution in [1.82, 2.24) is 15.1 Å². The van der Waals surface area contributed by atoms with Gasteiger partial charge >= 0.3 is 0 Å². The highest BCUT2D eigenvalue weighted by molar-refractivity contribution is 6.01. The van der Waals surface area contributed by atoms with Crippen molar-refractivity contribution in [1.29, 1.82) is 0 Å². The van der Waals surface area contributed by atoms with Crippen LogP contribution in [0, 0.1) is 5.92 Å². The lowest BCUT2D eigenvalue weighted by molar-refractivity contribution is -0.126.